The van der Waals surface area contributed by atoms with Gasteiger partial charge in [0, 0.05) is 0 Å². The first-order valence-corrected chi connectivity index (χ1v) is 1.20. The lowest BCUT2D eigenvalue weighted by Crippen LogP contribution is -1.72. The third kappa shape index (κ3) is 22.5. The molecule has 4 heavy (non-hydrogen) atoms. The maximum atomic E-state index is 8.89. The summed E-state index contributed by atoms with van der Waals surface area (Å²) in [5.74, 6) is 0. The first-order valence-electron chi connectivity index (χ1n) is 0.521. The van der Waals surface area contributed by atoms with Crippen LogP contribution in [0.4, 0.5) is 0 Å². The molecule has 0 saturated carbocycles. The Morgan fingerprint density at radius 2 is 1.50 bits per heavy atom. The SMILES string of the molecule is [O-]N(Cl)Cl. The van der Waals surface area contributed by atoms with E-state index in [1.165, 1.54) is 0 Å². The van der Waals surface area contributed by atoms with Crippen molar-refractivity contribution in [3.05, 3.63) is 5.21 Å². The molecule has 2 nitrogen and oxygen atoms in total. The van der Waals surface area contributed by atoms with E-state index in [0.29, 0.717) is 0 Å². The van der Waals surface area contributed by atoms with Crippen molar-refractivity contribution in [3.63, 3.8) is 0 Å². The standard InChI is InChI=1S/Cl2NO/c1-3(2)4/q-1. The Balaban J connectivity index is 2.32. The van der Waals surface area contributed by atoms with Gasteiger partial charge in [-0.1, -0.05) is 0 Å². The molecule has 0 aliphatic carbocycles. The molecule has 0 atom stereocenters. The van der Waals surface area contributed by atoms with Crippen molar-refractivity contribution in [1.82, 2.24) is 4.10 Å². The van der Waals surface area contributed by atoms with Gasteiger partial charge in [-0.3, -0.25) is 0 Å². The third-order valence-electron chi connectivity index (χ3n) is 0. The van der Waals surface area contributed by atoms with Gasteiger partial charge in [-0.15, -0.1) is 0 Å². The van der Waals surface area contributed by atoms with Gasteiger partial charge in [0.1, 0.15) is 0 Å². The van der Waals surface area contributed by atoms with E-state index in [-0.39, 0.29) is 4.10 Å². The molecule has 0 N–H and O–H groups in total. The zero-order valence-electron chi connectivity index (χ0n) is 1.61. The molecular weight excluding hydrogens is 101 g/mol. The van der Waals surface area contributed by atoms with Crippen LogP contribution < -0.4 is 0 Å². The summed E-state index contributed by atoms with van der Waals surface area (Å²) in [5, 5.41) is 8.89. The summed E-state index contributed by atoms with van der Waals surface area (Å²) >= 11 is 8.64. The predicted octanol–water partition coefficient (Wildman–Crippen LogP) is 1.09. The molecule has 0 heterocycles. The topological polar surface area (TPSA) is 26.3 Å². The number of hydrogen-bond acceptors (Lipinski definition) is 2. The highest BCUT2D eigenvalue weighted by atomic mass is 35.5. The van der Waals surface area contributed by atoms with Gasteiger partial charge in [0.25, 0.3) is 0 Å². The molecule has 0 aromatic heterocycles. The number of halogens is 2. The molecule has 0 aromatic rings. The molecular formula is Cl2NO-. The number of nitrogens with zero attached hydrogens (tertiary/aromatic N) is 1. The van der Waals surface area contributed by atoms with Gasteiger partial charge in [-0.2, -0.15) is 0 Å². The normalized spacial score (nSPS) is 9.00. The molecule has 0 amide bonds. The van der Waals surface area contributed by atoms with E-state index < -0.39 is 0 Å². The highest BCUT2D eigenvalue weighted by Crippen LogP contribution is 1.89. The fraction of sp³-hybridized carbons (Fsp3) is 0. The van der Waals surface area contributed by atoms with Crippen molar-refractivity contribution < 1.29 is 0 Å². The second kappa shape index (κ2) is 1.79. The minimum atomic E-state index is -0.306. The third-order valence-corrected chi connectivity index (χ3v) is 0. The van der Waals surface area contributed by atoms with Gasteiger partial charge in [-0.05, 0) is 23.6 Å². The van der Waals surface area contributed by atoms with Crippen molar-refractivity contribution in [2.45, 2.75) is 0 Å². The number of rotatable bonds is 0. The van der Waals surface area contributed by atoms with E-state index in [1.54, 1.807) is 0 Å². The summed E-state index contributed by atoms with van der Waals surface area (Å²) in [4.78, 5) is 0. The Hall–Kier alpha value is 0.500. The van der Waals surface area contributed by atoms with Crippen LogP contribution >= 0.6 is 23.6 Å². The Bertz CT molecular complexity index is 10.8. The zero-order valence-corrected chi connectivity index (χ0v) is 3.12. The minimum Gasteiger partial charge on any atom is -0.757 e. The highest BCUT2D eigenvalue weighted by molar-refractivity contribution is 6.34. The summed E-state index contributed by atoms with van der Waals surface area (Å²) in [7, 11) is 0. The molecule has 0 aliphatic rings. The van der Waals surface area contributed by atoms with E-state index in [1.807, 2.05) is 0 Å². The van der Waals surface area contributed by atoms with Crippen molar-refractivity contribution in [1.29, 1.82) is 0 Å². The van der Waals surface area contributed by atoms with Crippen molar-refractivity contribution in [2.24, 2.45) is 0 Å². The Labute approximate surface area is 33.7 Å². The molecule has 0 saturated heterocycles. The van der Waals surface area contributed by atoms with Gasteiger partial charge in [0.05, 0.1) is 0 Å². The first-order chi connectivity index (χ1) is 1.73. The molecule has 0 unspecified atom stereocenters. The highest BCUT2D eigenvalue weighted by Gasteiger charge is 1.53. The van der Waals surface area contributed by atoms with E-state index in [0.717, 1.165) is 0 Å². The van der Waals surface area contributed by atoms with Crippen LogP contribution in [0.15, 0.2) is 0 Å². The molecule has 0 radical (unpaired) electrons. The van der Waals surface area contributed by atoms with E-state index >= 15 is 0 Å². The zero-order chi connectivity index (χ0) is 3.58. The van der Waals surface area contributed by atoms with E-state index in [2.05, 4.69) is 23.6 Å². The van der Waals surface area contributed by atoms with Crippen LogP contribution in [0.5, 0.6) is 0 Å². The summed E-state index contributed by atoms with van der Waals surface area (Å²) in [6.07, 6.45) is 0. The van der Waals surface area contributed by atoms with Gasteiger partial charge < -0.3 is 5.21 Å². The molecule has 0 fully saturated rings. The molecule has 26 valence electrons. The minimum absolute atomic E-state index is 0.306. The van der Waals surface area contributed by atoms with Crippen LogP contribution in [-0.4, -0.2) is 4.10 Å². The van der Waals surface area contributed by atoms with Crippen LogP contribution in [0.3, 0.4) is 0 Å². The van der Waals surface area contributed by atoms with Crippen LogP contribution in [0.2, 0.25) is 0 Å². The summed E-state index contributed by atoms with van der Waals surface area (Å²) in [5.41, 5.74) is 0. The summed E-state index contributed by atoms with van der Waals surface area (Å²) < 4.78 is -0.306. The van der Waals surface area contributed by atoms with Crippen LogP contribution in [0.1, 0.15) is 0 Å². The maximum Gasteiger partial charge on any atom is -0.0190 e. The van der Waals surface area contributed by atoms with Gasteiger partial charge in [-0.25, -0.2) is 4.10 Å². The van der Waals surface area contributed by atoms with Crippen LogP contribution in [0, 0.1) is 5.21 Å². The van der Waals surface area contributed by atoms with Gasteiger partial charge >= 0.3 is 0 Å². The van der Waals surface area contributed by atoms with Gasteiger partial charge in [0.15, 0.2) is 0 Å². The molecule has 0 aliphatic heterocycles. The fourth-order valence-electron chi connectivity index (χ4n) is 0. The lowest BCUT2D eigenvalue weighted by molar-refractivity contribution is 1.00. The smallest absolute Gasteiger partial charge is 0.0190 e. The monoisotopic (exact) mass is 99.9 g/mol. The van der Waals surface area contributed by atoms with Crippen molar-refractivity contribution in [2.75, 3.05) is 0 Å². The van der Waals surface area contributed by atoms with Crippen molar-refractivity contribution >= 4 is 23.6 Å². The lowest BCUT2D eigenvalue weighted by Gasteiger charge is -2.01. The van der Waals surface area contributed by atoms with Crippen LogP contribution in [0.25, 0.3) is 0 Å². The van der Waals surface area contributed by atoms with E-state index in [9.17, 15) is 0 Å². The van der Waals surface area contributed by atoms with Gasteiger partial charge in [0.2, 0.25) is 0 Å². The maximum absolute atomic E-state index is 8.89. The quantitative estimate of drug-likeness (QED) is 0.337. The molecule has 0 aromatic carbocycles. The fourth-order valence-corrected chi connectivity index (χ4v) is 0. The largest absolute Gasteiger partial charge is 0.757 e. The molecule has 4 heteroatoms. The van der Waals surface area contributed by atoms with Crippen LogP contribution in [-0.2, 0) is 0 Å². The molecule has 0 spiro atoms. The first kappa shape index (κ1) is 4.50. The average Bonchev–Trinajstić information content (AvgIpc) is 0.811. The Morgan fingerprint density at radius 1 is 1.50 bits per heavy atom. The average molecular weight is 101 g/mol. The lowest BCUT2D eigenvalue weighted by atomic mass is 13.5. The summed E-state index contributed by atoms with van der Waals surface area (Å²) in [6.45, 7) is 0. The molecule has 0 bridgehead atoms. The second-order valence-corrected chi connectivity index (χ2v) is 0.989. The Kier molecular flexibility index (Phi) is 2.01. The van der Waals surface area contributed by atoms with E-state index in [4.69, 9.17) is 5.21 Å². The summed E-state index contributed by atoms with van der Waals surface area (Å²) in [6, 6.07) is 0. The van der Waals surface area contributed by atoms with Crippen molar-refractivity contribution in [3.8, 4) is 0 Å². The molecule has 0 rings (SSSR count). The predicted molar refractivity (Wildman–Crippen MR) is 16.9 cm³/mol. The Morgan fingerprint density at radius 3 is 1.50 bits per heavy atom. The second-order valence-electron chi connectivity index (χ2n) is 0.202. The number of hydrogen-bond donors (Lipinski definition) is 0.